The minimum Gasteiger partial charge on any atom is -0.465 e. The minimum absolute atomic E-state index is 0.163. The first kappa shape index (κ1) is 15.9. The van der Waals surface area contributed by atoms with Crippen LogP contribution in [0.25, 0.3) is 0 Å². The second-order valence-electron chi connectivity index (χ2n) is 6.23. The molecule has 1 amide bonds. The summed E-state index contributed by atoms with van der Waals surface area (Å²) in [6.07, 6.45) is 0.383. The van der Waals surface area contributed by atoms with Crippen LogP contribution in [-0.4, -0.2) is 16.4 Å². The van der Waals surface area contributed by atoms with Crippen LogP contribution in [0.15, 0.2) is 39.6 Å². The second-order valence-corrected chi connectivity index (χ2v) is 7.89. The quantitative estimate of drug-likeness (QED) is 0.936. The van der Waals surface area contributed by atoms with Crippen LogP contribution in [-0.2, 0) is 17.8 Å². The fourth-order valence-electron chi connectivity index (χ4n) is 2.53. The number of furan rings is 1. The highest BCUT2D eigenvalue weighted by Crippen LogP contribution is 2.40. The van der Waals surface area contributed by atoms with Gasteiger partial charge in [0.15, 0.2) is 5.78 Å². The van der Waals surface area contributed by atoms with E-state index in [1.165, 1.54) is 0 Å². The Morgan fingerprint density at radius 3 is 2.78 bits per heavy atom. The highest BCUT2D eigenvalue weighted by atomic mass is 32.2. The molecular weight excluding hydrogens is 310 g/mol. The Bertz CT molecular complexity index is 776. The molecular formula is C18H19NO3S. The predicted molar refractivity (Wildman–Crippen MR) is 89.7 cm³/mol. The monoisotopic (exact) mass is 329 g/mol. The average molecular weight is 329 g/mol. The maximum absolute atomic E-state index is 12.3. The van der Waals surface area contributed by atoms with Gasteiger partial charge in [-0.05, 0) is 56.7 Å². The number of carbonyl (C=O) groups excluding carboxylic acids is 2. The summed E-state index contributed by atoms with van der Waals surface area (Å²) in [4.78, 5) is 25.5. The molecule has 0 saturated heterocycles. The molecule has 0 aliphatic carbocycles. The Morgan fingerprint density at radius 1 is 1.30 bits per heavy atom. The molecule has 3 rings (SSSR count). The third-order valence-corrected chi connectivity index (χ3v) is 5.29. The molecule has 0 spiro atoms. The summed E-state index contributed by atoms with van der Waals surface area (Å²) in [5.74, 6) is 1.57. The van der Waals surface area contributed by atoms with Crippen LogP contribution in [0.2, 0.25) is 0 Å². The predicted octanol–water partition coefficient (Wildman–Crippen LogP) is 3.51. The van der Waals surface area contributed by atoms with Crippen molar-refractivity contribution in [3.05, 3.63) is 53.0 Å². The molecule has 5 heteroatoms. The van der Waals surface area contributed by atoms with Gasteiger partial charge in [0.1, 0.15) is 11.5 Å². The van der Waals surface area contributed by atoms with E-state index >= 15 is 0 Å². The van der Waals surface area contributed by atoms with E-state index in [2.05, 4.69) is 5.32 Å². The molecule has 0 bridgehead atoms. The molecule has 23 heavy (non-hydrogen) atoms. The van der Waals surface area contributed by atoms with Crippen molar-refractivity contribution in [3.63, 3.8) is 0 Å². The van der Waals surface area contributed by atoms with E-state index in [-0.39, 0.29) is 11.7 Å². The van der Waals surface area contributed by atoms with Gasteiger partial charge in [0, 0.05) is 16.9 Å². The summed E-state index contributed by atoms with van der Waals surface area (Å²) >= 11 is 1.56. The van der Waals surface area contributed by atoms with Crippen LogP contribution in [0, 0.1) is 6.92 Å². The lowest BCUT2D eigenvalue weighted by Crippen LogP contribution is -2.33. The van der Waals surface area contributed by atoms with Crippen LogP contribution >= 0.6 is 11.8 Å². The molecule has 0 radical (unpaired) electrons. The largest absolute Gasteiger partial charge is 0.465 e. The zero-order valence-electron chi connectivity index (χ0n) is 13.4. The SMILES string of the molecule is Cc1ccc(CNC(=O)c2ccc3c(c2)CC(=O)C(C)(C)S3)o1. The lowest BCUT2D eigenvalue weighted by Gasteiger charge is -2.29. The number of rotatable bonds is 3. The number of ketones is 1. The van der Waals surface area contributed by atoms with Crippen molar-refractivity contribution in [2.75, 3.05) is 0 Å². The third kappa shape index (κ3) is 3.34. The molecule has 1 N–H and O–H groups in total. The van der Waals surface area contributed by atoms with E-state index in [1.54, 1.807) is 17.8 Å². The number of hydrogen-bond acceptors (Lipinski definition) is 4. The number of hydrogen-bond donors (Lipinski definition) is 1. The molecule has 1 aromatic carbocycles. The summed E-state index contributed by atoms with van der Waals surface area (Å²) < 4.78 is 5.04. The van der Waals surface area contributed by atoms with Crippen molar-refractivity contribution in [1.82, 2.24) is 5.32 Å². The second kappa shape index (κ2) is 5.89. The molecule has 2 aromatic rings. The lowest BCUT2D eigenvalue weighted by atomic mass is 9.98. The normalized spacial score (nSPS) is 16.0. The van der Waals surface area contributed by atoms with E-state index < -0.39 is 4.75 Å². The van der Waals surface area contributed by atoms with Crippen molar-refractivity contribution in [2.24, 2.45) is 0 Å². The molecule has 1 aromatic heterocycles. The standard InChI is InChI=1S/C18H19NO3S/c1-11-4-6-14(22-11)10-19-17(21)12-5-7-15-13(8-12)9-16(20)18(2,3)23-15/h4-8H,9-10H2,1-3H3,(H,19,21). The summed E-state index contributed by atoms with van der Waals surface area (Å²) in [5, 5.41) is 2.84. The molecule has 1 aliphatic rings. The van der Waals surface area contributed by atoms with Crippen molar-refractivity contribution in [3.8, 4) is 0 Å². The Kier molecular flexibility index (Phi) is 4.06. The zero-order valence-corrected chi connectivity index (χ0v) is 14.3. The lowest BCUT2D eigenvalue weighted by molar-refractivity contribution is -0.120. The van der Waals surface area contributed by atoms with E-state index in [9.17, 15) is 9.59 Å². The summed E-state index contributed by atoms with van der Waals surface area (Å²) in [5.41, 5.74) is 1.50. The van der Waals surface area contributed by atoms with E-state index in [4.69, 9.17) is 4.42 Å². The summed E-state index contributed by atoms with van der Waals surface area (Å²) in [6.45, 7) is 6.10. The fourth-order valence-corrected chi connectivity index (χ4v) is 3.66. The van der Waals surface area contributed by atoms with Crippen LogP contribution in [0.1, 0.15) is 41.3 Å². The first-order valence-electron chi connectivity index (χ1n) is 7.54. The van der Waals surface area contributed by atoms with E-state index in [0.29, 0.717) is 18.5 Å². The zero-order chi connectivity index (χ0) is 16.6. The van der Waals surface area contributed by atoms with Crippen molar-refractivity contribution < 1.29 is 14.0 Å². The highest BCUT2D eigenvalue weighted by molar-refractivity contribution is 8.01. The van der Waals surface area contributed by atoms with Crippen LogP contribution in [0.3, 0.4) is 0 Å². The Balaban J connectivity index is 1.73. The molecule has 0 atom stereocenters. The fraction of sp³-hybridized carbons (Fsp3) is 0.333. The van der Waals surface area contributed by atoms with Gasteiger partial charge in [0.2, 0.25) is 0 Å². The van der Waals surface area contributed by atoms with Gasteiger partial charge in [0.05, 0.1) is 11.3 Å². The van der Waals surface area contributed by atoms with Gasteiger partial charge in [-0.3, -0.25) is 9.59 Å². The Hall–Kier alpha value is -2.01. The Morgan fingerprint density at radius 2 is 2.09 bits per heavy atom. The molecule has 0 fully saturated rings. The van der Waals surface area contributed by atoms with Gasteiger partial charge in [-0.15, -0.1) is 11.8 Å². The summed E-state index contributed by atoms with van der Waals surface area (Å²) in [7, 11) is 0. The molecule has 4 nitrogen and oxygen atoms in total. The number of thioether (sulfide) groups is 1. The summed E-state index contributed by atoms with van der Waals surface area (Å²) in [6, 6.07) is 9.27. The van der Waals surface area contributed by atoms with Crippen molar-refractivity contribution in [2.45, 2.75) is 43.4 Å². The van der Waals surface area contributed by atoms with E-state index in [1.807, 2.05) is 45.0 Å². The number of nitrogens with one attached hydrogen (secondary N) is 1. The third-order valence-electron chi connectivity index (χ3n) is 3.93. The molecule has 2 heterocycles. The van der Waals surface area contributed by atoms with Gasteiger partial charge in [-0.25, -0.2) is 0 Å². The van der Waals surface area contributed by atoms with Gasteiger partial charge >= 0.3 is 0 Å². The number of benzene rings is 1. The van der Waals surface area contributed by atoms with Crippen molar-refractivity contribution >= 4 is 23.5 Å². The smallest absolute Gasteiger partial charge is 0.251 e. The van der Waals surface area contributed by atoms with Gasteiger partial charge in [0.25, 0.3) is 5.91 Å². The first-order chi connectivity index (χ1) is 10.8. The number of fused-ring (bicyclic) bond motifs is 1. The number of Topliss-reactive ketones (excluding diaryl/α,β-unsaturated/α-hetero) is 1. The van der Waals surface area contributed by atoms with Crippen LogP contribution in [0.5, 0.6) is 0 Å². The van der Waals surface area contributed by atoms with Crippen molar-refractivity contribution in [1.29, 1.82) is 0 Å². The van der Waals surface area contributed by atoms with Gasteiger partial charge < -0.3 is 9.73 Å². The molecule has 0 saturated carbocycles. The topological polar surface area (TPSA) is 59.3 Å². The highest BCUT2D eigenvalue weighted by Gasteiger charge is 2.34. The number of aryl methyl sites for hydroxylation is 1. The average Bonchev–Trinajstić information content (AvgIpc) is 2.91. The number of amides is 1. The van der Waals surface area contributed by atoms with E-state index in [0.717, 1.165) is 22.0 Å². The van der Waals surface area contributed by atoms with Crippen LogP contribution < -0.4 is 5.32 Å². The molecule has 0 unspecified atom stereocenters. The maximum Gasteiger partial charge on any atom is 0.251 e. The van der Waals surface area contributed by atoms with Gasteiger partial charge in [-0.2, -0.15) is 0 Å². The molecule has 1 aliphatic heterocycles. The Labute approximate surface area is 139 Å². The minimum atomic E-state index is -0.395. The number of carbonyl (C=O) groups is 2. The molecule has 120 valence electrons. The first-order valence-corrected chi connectivity index (χ1v) is 8.35. The van der Waals surface area contributed by atoms with Crippen LogP contribution in [0.4, 0.5) is 0 Å². The van der Waals surface area contributed by atoms with Gasteiger partial charge in [-0.1, -0.05) is 0 Å². The maximum atomic E-state index is 12.3.